The van der Waals surface area contributed by atoms with Gasteiger partial charge in [-0.25, -0.2) is 0 Å². The lowest BCUT2D eigenvalue weighted by atomic mass is 10.1. The minimum absolute atomic E-state index is 0.0310. The topological polar surface area (TPSA) is 83.4 Å². The van der Waals surface area contributed by atoms with E-state index in [1.54, 1.807) is 0 Å². The molecule has 2 aromatic rings. The summed E-state index contributed by atoms with van der Waals surface area (Å²) in [6, 6.07) is 8.01. The zero-order valence-corrected chi connectivity index (χ0v) is 18.4. The van der Waals surface area contributed by atoms with Gasteiger partial charge in [-0.05, 0) is 58.5 Å². The normalized spacial score (nSPS) is 14.1. The van der Waals surface area contributed by atoms with Crippen molar-refractivity contribution >= 4 is 17.5 Å². The van der Waals surface area contributed by atoms with Crippen LogP contribution in [0.2, 0.25) is 0 Å². The van der Waals surface area contributed by atoms with Crippen LogP contribution in [0, 0.1) is 6.92 Å². The maximum absolute atomic E-state index is 12.9. The maximum Gasteiger partial charge on any atom is 0.286 e. The van der Waals surface area contributed by atoms with Gasteiger partial charge in [0.05, 0.1) is 0 Å². The van der Waals surface area contributed by atoms with E-state index in [4.69, 9.17) is 0 Å². The Kier molecular flexibility index (Phi) is 7.20. The van der Waals surface area contributed by atoms with Gasteiger partial charge in [0.15, 0.2) is 0 Å². The summed E-state index contributed by atoms with van der Waals surface area (Å²) in [4.78, 5) is 29.8. The molecule has 1 aliphatic heterocycles. The summed E-state index contributed by atoms with van der Waals surface area (Å²) in [7, 11) is 0. The molecule has 1 aromatic carbocycles. The van der Waals surface area contributed by atoms with Crippen molar-refractivity contribution in [3.05, 3.63) is 45.9 Å². The summed E-state index contributed by atoms with van der Waals surface area (Å²) in [6.45, 7) is 12.4. The lowest BCUT2D eigenvalue weighted by Gasteiger charge is -2.19. The van der Waals surface area contributed by atoms with Crippen LogP contribution in [0.1, 0.15) is 49.7 Å². The molecule has 1 atom stereocenters. The molecule has 1 aliphatic rings. The molecular formula is C22H32N6O2. The number of amides is 1. The van der Waals surface area contributed by atoms with E-state index in [0.29, 0.717) is 19.0 Å². The van der Waals surface area contributed by atoms with Crippen LogP contribution in [0.5, 0.6) is 0 Å². The van der Waals surface area contributed by atoms with E-state index >= 15 is 0 Å². The van der Waals surface area contributed by atoms with Crippen LogP contribution in [0.15, 0.2) is 29.1 Å². The van der Waals surface area contributed by atoms with Crippen molar-refractivity contribution in [2.45, 2.75) is 53.1 Å². The highest BCUT2D eigenvalue weighted by molar-refractivity contribution is 5.92. The Labute approximate surface area is 177 Å². The molecule has 8 nitrogen and oxygen atoms in total. The van der Waals surface area contributed by atoms with E-state index in [0.717, 1.165) is 38.2 Å². The molecule has 0 fully saturated rings. The predicted molar refractivity (Wildman–Crippen MR) is 118 cm³/mol. The van der Waals surface area contributed by atoms with E-state index in [2.05, 4.69) is 34.3 Å². The van der Waals surface area contributed by atoms with E-state index in [1.165, 1.54) is 10.1 Å². The molecule has 0 saturated carbocycles. The number of hydrogen-bond acceptors (Lipinski definition) is 6. The maximum atomic E-state index is 12.9. The molecular weight excluding hydrogens is 380 g/mol. The molecule has 1 N–H and O–H groups in total. The summed E-state index contributed by atoms with van der Waals surface area (Å²) in [5.41, 5.74) is 1.60. The van der Waals surface area contributed by atoms with Crippen LogP contribution < -0.4 is 15.8 Å². The van der Waals surface area contributed by atoms with Crippen molar-refractivity contribution in [1.82, 2.24) is 25.0 Å². The number of anilines is 2. The van der Waals surface area contributed by atoms with E-state index < -0.39 is 5.91 Å². The molecule has 1 aromatic heterocycles. The fourth-order valence-corrected chi connectivity index (χ4v) is 3.75. The first-order valence-corrected chi connectivity index (χ1v) is 10.8. The van der Waals surface area contributed by atoms with Crippen LogP contribution in [-0.2, 0) is 6.54 Å². The molecule has 0 aliphatic carbocycles. The quantitative estimate of drug-likeness (QED) is 0.681. The summed E-state index contributed by atoms with van der Waals surface area (Å²) in [6.07, 6.45) is 1.84. The molecule has 3 rings (SSSR count). The fraction of sp³-hybridized carbons (Fsp3) is 0.545. The molecule has 0 bridgehead atoms. The lowest BCUT2D eigenvalue weighted by Crippen LogP contribution is -2.39. The first-order valence-electron chi connectivity index (χ1n) is 10.8. The Balaban J connectivity index is 1.66. The molecule has 162 valence electrons. The second-order valence-corrected chi connectivity index (χ2v) is 7.84. The SMILES string of the molecule is CCN(CC)CCC[C@H](C)NC(=O)c1nnc2n(c1=O)CCN2c1ccc(C)cc1. The number of carbonyl (C=O) groups is 1. The summed E-state index contributed by atoms with van der Waals surface area (Å²) >= 11 is 0. The number of rotatable bonds is 9. The van der Waals surface area contributed by atoms with Gasteiger partial charge in [0.2, 0.25) is 11.6 Å². The van der Waals surface area contributed by atoms with Crippen molar-refractivity contribution in [1.29, 1.82) is 0 Å². The molecule has 30 heavy (non-hydrogen) atoms. The number of aryl methyl sites for hydroxylation is 1. The minimum Gasteiger partial charge on any atom is -0.348 e. The molecule has 0 radical (unpaired) electrons. The largest absolute Gasteiger partial charge is 0.348 e. The van der Waals surface area contributed by atoms with Crippen molar-refractivity contribution in [2.75, 3.05) is 31.1 Å². The summed E-state index contributed by atoms with van der Waals surface area (Å²) in [5, 5.41) is 11.1. The Bertz CT molecular complexity index is 920. The molecule has 2 heterocycles. The molecule has 0 spiro atoms. The highest BCUT2D eigenvalue weighted by atomic mass is 16.2. The van der Waals surface area contributed by atoms with Gasteiger partial charge >= 0.3 is 0 Å². The standard InChI is InChI=1S/C22H32N6O2/c1-5-26(6-2)13-7-8-17(4)23-20(29)19-21(30)28-15-14-27(22(28)25-24-19)18-11-9-16(3)10-12-18/h9-12,17H,5-8,13-15H2,1-4H3,(H,23,29)/t17-/m0/s1. The van der Waals surface area contributed by atoms with Gasteiger partial charge in [-0.3, -0.25) is 14.2 Å². The number of hydrogen-bond donors (Lipinski definition) is 1. The zero-order chi connectivity index (χ0) is 21.7. The van der Waals surface area contributed by atoms with Gasteiger partial charge in [0.25, 0.3) is 11.5 Å². The van der Waals surface area contributed by atoms with Crippen LogP contribution in [-0.4, -0.2) is 57.8 Å². The van der Waals surface area contributed by atoms with Gasteiger partial charge in [0.1, 0.15) is 0 Å². The number of nitrogens with zero attached hydrogens (tertiary/aromatic N) is 5. The van der Waals surface area contributed by atoms with E-state index in [9.17, 15) is 9.59 Å². The van der Waals surface area contributed by atoms with Crippen molar-refractivity contribution in [3.63, 3.8) is 0 Å². The lowest BCUT2D eigenvalue weighted by molar-refractivity contribution is 0.0928. The number of benzene rings is 1. The van der Waals surface area contributed by atoms with Crippen molar-refractivity contribution < 1.29 is 4.79 Å². The van der Waals surface area contributed by atoms with Crippen LogP contribution >= 0.6 is 0 Å². The van der Waals surface area contributed by atoms with E-state index in [-0.39, 0.29) is 17.3 Å². The fourth-order valence-electron chi connectivity index (χ4n) is 3.75. The van der Waals surface area contributed by atoms with Crippen molar-refractivity contribution in [2.24, 2.45) is 0 Å². The Morgan fingerprint density at radius 1 is 1.17 bits per heavy atom. The third-order valence-electron chi connectivity index (χ3n) is 5.66. The van der Waals surface area contributed by atoms with Crippen LogP contribution in [0.3, 0.4) is 0 Å². The first-order chi connectivity index (χ1) is 14.4. The van der Waals surface area contributed by atoms with Gasteiger partial charge in [-0.15, -0.1) is 10.2 Å². The third kappa shape index (κ3) is 4.87. The minimum atomic E-state index is -0.452. The molecule has 0 unspecified atom stereocenters. The zero-order valence-electron chi connectivity index (χ0n) is 18.4. The van der Waals surface area contributed by atoms with Gasteiger partial charge in [0, 0.05) is 24.8 Å². The molecule has 8 heteroatoms. The smallest absolute Gasteiger partial charge is 0.286 e. The molecule has 0 saturated heterocycles. The van der Waals surface area contributed by atoms with Gasteiger partial charge < -0.3 is 15.1 Å². The van der Waals surface area contributed by atoms with Crippen molar-refractivity contribution in [3.8, 4) is 0 Å². The third-order valence-corrected chi connectivity index (χ3v) is 5.66. The monoisotopic (exact) mass is 412 g/mol. The second-order valence-electron chi connectivity index (χ2n) is 7.84. The predicted octanol–water partition coefficient (Wildman–Crippen LogP) is 2.34. The van der Waals surface area contributed by atoms with Crippen LogP contribution in [0.4, 0.5) is 11.6 Å². The Hall–Kier alpha value is -2.74. The molecule has 1 amide bonds. The van der Waals surface area contributed by atoms with Gasteiger partial charge in [-0.1, -0.05) is 31.5 Å². The number of carbonyl (C=O) groups excluding carboxylic acids is 1. The van der Waals surface area contributed by atoms with E-state index in [1.807, 2.05) is 43.0 Å². The summed E-state index contributed by atoms with van der Waals surface area (Å²) < 4.78 is 1.53. The van der Waals surface area contributed by atoms with Crippen LogP contribution in [0.25, 0.3) is 0 Å². The second kappa shape index (κ2) is 9.84. The van der Waals surface area contributed by atoms with Gasteiger partial charge in [-0.2, -0.15) is 0 Å². The Morgan fingerprint density at radius 2 is 1.87 bits per heavy atom. The average Bonchev–Trinajstić information content (AvgIpc) is 3.17. The average molecular weight is 413 g/mol. The first kappa shape index (κ1) is 22.0. The summed E-state index contributed by atoms with van der Waals surface area (Å²) in [5.74, 6) is 0.0274. The highest BCUT2D eigenvalue weighted by Gasteiger charge is 2.27. The Morgan fingerprint density at radius 3 is 2.53 bits per heavy atom. The number of nitrogens with one attached hydrogen (secondary N) is 1. The number of aromatic nitrogens is 3. The number of fused-ring (bicyclic) bond motifs is 1. The highest BCUT2D eigenvalue weighted by Crippen LogP contribution is 2.26.